The van der Waals surface area contributed by atoms with Gasteiger partial charge in [0.05, 0.1) is 6.04 Å². The first kappa shape index (κ1) is 12.4. The fourth-order valence-corrected chi connectivity index (χ4v) is 1.63. The van der Waals surface area contributed by atoms with Crippen LogP contribution in [0.15, 0.2) is 48.8 Å². The van der Waals surface area contributed by atoms with Crippen molar-refractivity contribution < 1.29 is 4.74 Å². The predicted octanol–water partition coefficient (Wildman–Crippen LogP) is 3.27. The molecule has 0 fully saturated rings. The third kappa shape index (κ3) is 3.77. The van der Waals surface area contributed by atoms with Crippen LogP contribution in [0.5, 0.6) is 5.75 Å². The molecule has 0 amide bonds. The molecule has 1 unspecified atom stereocenters. The Morgan fingerprint density at radius 2 is 1.78 bits per heavy atom. The fraction of sp³-hybridized carbons (Fsp3) is 0.267. The van der Waals surface area contributed by atoms with Crippen LogP contribution in [0.2, 0.25) is 0 Å². The summed E-state index contributed by atoms with van der Waals surface area (Å²) in [4.78, 5) is 3.98. The normalized spacial score (nSPS) is 11.9. The van der Waals surface area contributed by atoms with E-state index in [1.807, 2.05) is 24.3 Å². The van der Waals surface area contributed by atoms with Gasteiger partial charge >= 0.3 is 0 Å². The number of hydrogen-bond acceptors (Lipinski definition) is 3. The summed E-state index contributed by atoms with van der Waals surface area (Å²) < 4.78 is 5.72. The van der Waals surface area contributed by atoms with E-state index in [1.165, 1.54) is 5.56 Å². The lowest BCUT2D eigenvalue weighted by Gasteiger charge is -2.16. The summed E-state index contributed by atoms with van der Waals surface area (Å²) in [6.07, 6.45) is 3.55. The summed E-state index contributed by atoms with van der Waals surface area (Å²) in [5.41, 5.74) is 2.30. The summed E-state index contributed by atoms with van der Waals surface area (Å²) in [5, 5.41) is 3.36. The van der Waals surface area contributed by atoms with E-state index in [9.17, 15) is 0 Å². The van der Waals surface area contributed by atoms with Gasteiger partial charge in [-0.1, -0.05) is 17.7 Å². The van der Waals surface area contributed by atoms with E-state index in [-0.39, 0.29) is 6.04 Å². The van der Waals surface area contributed by atoms with E-state index in [2.05, 4.69) is 36.3 Å². The van der Waals surface area contributed by atoms with Crippen LogP contribution in [0, 0.1) is 6.92 Å². The minimum atomic E-state index is 0.244. The first-order valence-electron chi connectivity index (χ1n) is 6.10. The van der Waals surface area contributed by atoms with Crippen molar-refractivity contribution in [3.05, 3.63) is 54.4 Å². The van der Waals surface area contributed by atoms with Crippen LogP contribution < -0.4 is 10.1 Å². The van der Waals surface area contributed by atoms with E-state index in [1.54, 1.807) is 12.4 Å². The van der Waals surface area contributed by atoms with Gasteiger partial charge in [-0.25, -0.2) is 0 Å². The minimum Gasteiger partial charge on any atom is -0.491 e. The number of benzene rings is 1. The van der Waals surface area contributed by atoms with Crippen LogP contribution in [0.4, 0.5) is 5.69 Å². The molecule has 0 radical (unpaired) electrons. The van der Waals surface area contributed by atoms with Gasteiger partial charge in [0, 0.05) is 18.1 Å². The van der Waals surface area contributed by atoms with Gasteiger partial charge in [0.2, 0.25) is 0 Å². The quantitative estimate of drug-likeness (QED) is 0.873. The van der Waals surface area contributed by atoms with Crippen molar-refractivity contribution in [1.82, 2.24) is 4.98 Å². The number of nitrogens with zero attached hydrogens (tertiary/aromatic N) is 1. The van der Waals surface area contributed by atoms with Crippen LogP contribution in [0.25, 0.3) is 0 Å². The number of anilines is 1. The predicted molar refractivity (Wildman–Crippen MR) is 74.0 cm³/mol. The van der Waals surface area contributed by atoms with Crippen molar-refractivity contribution >= 4 is 5.69 Å². The summed E-state index contributed by atoms with van der Waals surface area (Å²) in [6.45, 7) is 4.79. The Morgan fingerprint density at radius 3 is 2.44 bits per heavy atom. The van der Waals surface area contributed by atoms with Crippen LogP contribution in [0.3, 0.4) is 0 Å². The lowest BCUT2D eigenvalue weighted by atomic mass is 10.2. The maximum Gasteiger partial charge on any atom is 0.119 e. The Kier molecular flexibility index (Phi) is 4.18. The third-order valence-electron chi connectivity index (χ3n) is 2.61. The van der Waals surface area contributed by atoms with Gasteiger partial charge in [-0.15, -0.1) is 0 Å². The summed E-state index contributed by atoms with van der Waals surface area (Å²) in [7, 11) is 0. The highest BCUT2D eigenvalue weighted by Gasteiger charge is 2.02. The van der Waals surface area contributed by atoms with Crippen molar-refractivity contribution in [2.24, 2.45) is 0 Å². The Bertz CT molecular complexity index is 468. The Morgan fingerprint density at radius 1 is 1.11 bits per heavy atom. The van der Waals surface area contributed by atoms with Crippen molar-refractivity contribution in [3.8, 4) is 5.75 Å². The molecule has 0 aliphatic heterocycles. The third-order valence-corrected chi connectivity index (χ3v) is 2.61. The highest BCUT2D eigenvalue weighted by atomic mass is 16.5. The smallest absolute Gasteiger partial charge is 0.119 e. The largest absolute Gasteiger partial charge is 0.491 e. The van der Waals surface area contributed by atoms with Crippen molar-refractivity contribution in [2.45, 2.75) is 19.9 Å². The van der Waals surface area contributed by atoms with Gasteiger partial charge in [0.25, 0.3) is 0 Å². The second kappa shape index (κ2) is 6.05. The van der Waals surface area contributed by atoms with E-state index >= 15 is 0 Å². The molecule has 0 bridgehead atoms. The minimum absolute atomic E-state index is 0.244. The molecular formula is C15H18N2O. The molecule has 0 aliphatic rings. The summed E-state index contributed by atoms with van der Waals surface area (Å²) >= 11 is 0. The second-order valence-corrected chi connectivity index (χ2v) is 4.41. The topological polar surface area (TPSA) is 34.1 Å². The zero-order valence-corrected chi connectivity index (χ0v) is 10.8. The van der Waals surface area contributed by atoms with Crippen molar-refractivity contribution in [1.29, 1.82) is 0 Å². The molecule has 94 valence electrons. The second-order valence-electron chi connectivity index (χ2n) is 4.41. The maximum atomic E-state index is 5.72. The molecule has 2 aromatic rings. The lowest BCUT2D eigenvalue weighted by molar-refractivity contribution is 0.304. The Labute approximate surface area is 108 Å². The molecule has 1 N–H and O–H groups in total. The number of nitrogens with one attached hydrogen (secondary N) is 1. The van der Waals surface area contributed by atoms with Crippen LogP contribution in [-0.4, -0.2) is 17.6 Å². The fourth-order valence-electron chi connectivity index (χ4n) is 1.63. The SMILES string of the molecule is Cc1ccc(OCC(C)Nc2ccncc2)cc1. The van der Waals surface area contributed by atoms with Gasteiger partial charge in [-0.05, 0) is 38.1 Å². The standard InChI is InChI=1S/C15H18N2O/c1-12-3-5-15(6-4-12)18-11-13(2)17-14-7-9-16-10-8-14/h3-10,13H,11H2,1-2H3,(H,16,17). The van der Waals surface area contributed by atoms with Crippen LogP contribution >= 0.6 is 0 Å². The zero-order valence-electron chi connectivity index (χ0n) is 10.8. The highest BCUT2D eigenvalue weighted by molar-refractivity contribution is 5.41. The Hall–Kier alpha value is -2.03. The highest BCUT2D eigenvalue weighted by Crippen LogP contribution is 2.12. The first-order chi connectivity index (χ1) is 8.74. The van der Waals surface area contributed by atoms with E-state index in [0.29, 0.717) is 6.61 Å². The molecule has 3 nitrogen and oxygen atoms in total. The van der Waals surface area contributed by atoms with Crippen molar-refractivity contribution in [3.63, 3.8) is 0 Å². The Balaban J connectivity index is 1.81. The number of rotatable bonds is 5. The summed E-state index contributed by atoms with van der Waals surface area (Å²) in [6, 6.07) is 12.2. The molecule has 3 heteroatoms. The molecule has 0 aliphatic carbocycles. The molecule has 1 heterocycles. The monoisotopic (exact) mass is 242 g/mol. The van der Waals surface area contributed by atoms with Gasteiger partial charge in [0.15, 0.2) is 0 Å². The van der Waals surface area contributed by atoms with Gasteiger partial charge in [-0.3, -0.25) is 4.98 Å². The molecular weight excluding hydrogens is 224 g/mol. The van der Waals surface area contributed by atoms with E-state index < -0.39 is 0 Å². The number of aryl methyl sites for hydroxylation is 1. The number of hydrogen-bond donors (Lipinski definition) is 1. The molecule has 2 rings (SSSR count). The molecule has 0 saturated heterocycles. The molecule has 1 aromatic heterocycles. The van der Waals surface area contributed by atoms with Crippen LogP contribution in [0.1, 0.15) is 12.5 Å². The lowest BCUT2D eigenvalue weighted by Crippen LogP contribution is -2.23. The van der Waals surface area contributed by atoms with Gasteiger partial charge < -0.3 is 10.1 Å². The van der Waals surface area contributed by atoms with Gasteiger partial charge in [-0.2, -0.15) is 0 Å². The van der Waals surface area contributed by atoms with Crippen LogP contribution in [-0.2, 0) is 0 Å². The molecule has 18 heavy (non-hydrogen) atoms. The molecule has 1 aromatic carbocycles. The molecule has 1 atom stereocenters. The van der Waals surface area contributed by atoms with E-state index in [0.717, 1.165) is 11.4 Å². The average molecular weight is 242 g/mol. The maximum absolute atomic E-state index is 5.72. The first-order valence-corrected chi connectivity index (χ1v) is 6.10. The zero-order chi connectivity index (χ0) is 12.8. The van der Waals surface area contributed by atoms with E-state index in [4.69, 9.17) is 4.74 Å². The number of pyridine rings is 1. The van der Waals surface area contributed by atoms with Crippen molar-refractivity contribution in [2.75, 3.05) is 11.9 Å². The molecule has 0 saturated carbocycles. The number of aromatic nitrogens is 1. The summed E-state index contributed by atoms with van der Waals surface area (Å²) in [5.74, 6) is 0.906. The average Bonchev–Trinajstić information content (AvgIpc) is 2.39. The molecule has 0 spiro atoms. The van der Waals surface area contributed by atoms with Gasteiger partial charge in [0.1, 0.15) is 12.4 Å². The number of ether oxygens (including phenoxy) is 1.